The summed E-state index contributed by atoms with van der Waals surface area (Å²) in [6.07, 6.45) is 3.12. The summed E-state index contributed by atoms with van der Waals surface area (Å²) in [5.41, 5.74) is 5.74. The molecular formula is C12H16N4O4S. The predicted molar refractivity (Wildman–Crippen MR) is 83.5 cm³/mol. The molecule has 0 heterocycles. The first-order valence-electron chi connectivity index (χ1n) is 5.93. The Morgan fingerprint density at radius 2 is 2.29 bits per heavy atom. The van der Waals surface area contributed by atoms with E-state index < -0.39 is 4.92 Å². The predicted octanol–water partition coefficient (Wildman–Crippen LogP) is 2.01. The highest BCUT2D eigenvalue weighted by molar-refractivity contribution is 8.13. The van der Waals surface area contributed by atoms with E-state index in [2.05, 4.69) is 10.2 Å². The summed E-state index contributed by atoms with van der Waals surface area (Å²) in [5.74, 6) is 0.351. The fourth-order valence-corrected chi connectivity index (χ4v) is 1.61. The van der Waals surface area contributed by atoms with Crippen LogP contribution in [0.5, 0.6) is 11.5 Å². The van der Waals surface area contributed by atoms with Gasteiger partial charge in [0.15, 0.2) is 10.9 Å². The molecule has 0 spiro atoms. The minimum absolute atomic E-state index is 0.0751. The SMILES string of the molecule is CCOc1cc(/C=N\N=C(/N)SC)cc([N+](=O)[O-])c1OC. The number of methoxy groups -OCH3 is 1. The maximum absolute atomic E-state index is 11.1. The molecule has 8 nitrogen and oxygen atoms in total. The van der Waals surface area contributed by atoms with Gasteiger partial charge in [-0.15, -0.1) is 5.10 Å². The van der Waals surface area contributed by atoms with Crippen molar-refractivity contribution in [3.05, 3.63) is 27.8 Å². The summed E-state index contributed by atoms with van der Waals surface area (Å²) in [5, 5.41) is 18.9. The number of benzene rings is 1. The van der Waals surface area contributed by atoms with Crippen molar-refractivity contribution in [2.45, 2.75) is 6.92 Å². The maximum Gasteiger partial charge on any atom is 0.315 e. The Morgan fingerprint density at radius 1 is 1.57 bits per heavy atom. The summed E-state index contributed by atoms with van der Waals surface area (Å²) in [4.78, 5) is 10.5. The second-order valence-corrected chi connectivity index (χ2v) is 4.47. The van der Waals surface area contributed by atoms with E-state index in [1.54, 1.807) is 19.2 Å². The summed E-state index contributed by atoms with van der Waals surface area (Å²) in [7, 11) is 1.35. The van der Waals surface area contributed by atoms with Crippen LogP contribution in [0, 0.1) is 10.1 Å². The van der Waals surface area contributed by atoms with Crippen LogP contribution >= 0.6 is 11.8 Å². The van der Waals surface area contributed by atoms with Crippen molar-refractivity contribution in [1.82, 2.24) is 0 Å². The van der Waals surface area contributed by atoms with Gasteiger partial charge in [0, 0.05) is 11.6 Å². The Hall–Kier alpha value is -2.29. The lowest BCUT2D eigenvalue weighted by Gasteiger charge is -2.10. The fraction of sp³-hybridized carbons (Fsp3) is 0.333. The first-order valence-corrected chi connectivity index (χ1v) is 7.15. The molecule has 114 valence electrons. The normalized spacial score (nSPS) is 11.7. The lowest BCUT2D eigenvalue weighted by atomic mass is 10.2. The van der Waals surface area contributed by atoms with Gasteiger partial charge >= 0.3 is 5.69 Å². The van der Waals surface area contributed by atoms with Crippen molar-refractivity contribution >= 4 is 28.8 Å². The molecule has 0 aliphatic carbocycles. The zero-order valence-electron chi connectivity index (χ0n) is 11.9. The summed E-state index contributed by atoms with van der Waals surface area (Å²) in [6.45, 7) is 2.13. The van der Waals surface area contributed by atoms with Gasteiger partial charge in [0.1, 0.15) is 0 Å². The highest BCUT2D eigenvalue weighted by atomic mass is 32.2. The smallest absolute Gasteiger partial charge is 0.315 e. The average molecular weight is 312 g/mol. The van der Waals surface area contributed by atoms with Gasteiger partial charge in [0.2, 0.25) is 5.75 Å². The summed E-state index contributed by atoms with van der Waals surface area (Å²) >= 11 is 1.25. The number of ether oxygens (including phenoxy) is 2. The van der Waals surface area contributed by atoms with E-state index in [-0.39, 0.29) is 17.2 Å². The third-order valence-corrected chi connectivity index (χ3v) is 2.83. The molecule has 21 heavy (non-hydrogen) atoms. The molecular weight excluding hydrogens is 296 g/mol. The lowest BCUT2D eigenvalue weighted by molar-refractivity contribution is -0.385. The lowest BCUT2D eigenvalue weighted by Crippen LogP contribution is -2.04. The minimum atomic E-state index is -0.543. The molecule has 9 heteroatoms. The van der Waals surface area contributed by atoms with Gasteiger partial charge in [0.25, 0.3) is 0 Å². The van der Waals surface area contributed by atoms with E-state index in [9.17, 15) is 10.1 Å². The van der Waals surface area contributed by atoms with Crippen molar-refractivity contribution in [3.63, 3.8) is 0 Å². The summed E-state index contributed by atoms with van der Waals surface area (Å²) in [6, 6.07) is 2.92. The molecule has 0 aliphatic rings. The van der Waals surface area contributed by atoms with Crippen LogP contribution in [0.15, 0.2) is 22.3 Å². The zero-order chi connectivity index (χ0) is 15.8. The number of amidine groups is 1. The molecule has 0 unspecified atom stereocenters. The number of hydrogen-bond acceptors (Lipinski definition) is 7. The van der Waals surface area contributed by atoms with Crippen LogP contribution in [-0.2, 0) is 0 Å². The number of nitrogens with two attached hydrogens (primary N) is 1. The number of hydrogen-bond donors (Lipinski definition) is 1. The Labute approximate surface area is 126 Å². The molecule has 1 aromatic carbocycles. The topological polar surface area (TPSA) is 112 Å². The van der Waals surface area contributed by atoms with Crippen LogP contribution in [-0.4, -0.2) is 36.3 Å². The van der Waals surface area contributed by atoms with Crippen molar-refractivity contribution in [2.75, 3.05) is 20.0 Å². The van der Waals surface area contributed by atoms with E-state index in [1.165, 1.54) is 31.2 Å². The first-order chi connectivity index (χ1) is 10.0. The third kappa shape index (κ3) is 4.63. The van der Waals surface area contributed by atoms with E-state index in [0.717, 1.165) is 0 Å². The van der Waals surface area contributed by atoms with E-state index in [0.29, 0.717) is 17.3 Å². The van der Waals surface area contributed by atoms with Gasteiger partial charge < -0.3 is 15.2 Å². The van der Waals surface area contributed by atoms with Crippen LogP contribution < -0.4 is 15.2 Å². The second kappa shape index (κ2) is 8.10. The van der Waals surface area contributed by atoms with Crippen LogP contribution in [0.3, 0.4) is 0 Å². The molecule has 0 aliphatic heterocycles. The van der Waals surface area contributed by atoms with Crippen molar-refractivity contribution in [3.8, 4) is 11.5 Å². The van der Waals surface area contributed by atoms with Gasteiger partial charge in [0.05, 0.1) is 24.9 Å². The van der Waals surface area contributed by atoms with Gasteiger partial charge in [-0.2, -0.15) is 5.10 Å². The molecule has 0 saturated carbocycles. The second-order valence-electron chi connectivity index (χ2n) is 3.65. The quantitative estimate of drug-likeness (QED) is 0.372. The van der Waals surface area contributed by atoms with Crippen LogP contribution in [0.2, 0.25) is 0 Å². The zero-order valence-corrected chi connectivity index (χ0v) is 12.7. The van der Waals surface area contributed by atoms with E-state index in [4.69, 9.17) is 15.2 Å². The molecule has 0 saturated heterocycles. The Bertz CT molecular complexity index is 575. The maximum atomic E-state index is 11.1. The summed E-state index contributed by atoms with van der Waals surface area (Å²) < 4.78 is 10.4. The standard InChI is InChI=1S/C12H16N4O4S/c1-4-20-10-6-8(7-14-15-12(13)21-3)5-9(16(17)18)11(10)19-2/h5-7H,4H2,1-3H3,(H2,13,15)/b14-7-. The van der Waals surface area contributed by atoms with Crippen molar-refractivity contribution in [2.24, 2.45) is 15.9 Å². The minimum Gasteiger partial charge on any atom is -0.490 e. The first kappa shape index (κ1) is 16.8. The molecule has 0 atom stereocenters. The monoisotopic (exact) mass is 312 g/mol. The molecule has 0 amide bonds. The molecule has 0 aromatic heterocycles. The van der Waals surface area contributed by atoms with E-state index in [1.807, 2.05) is 0 Å². The van der Waals surface area contributed by atoms with Crippen molar-refractivity contribution < 1.29 is 14.4 Å². The van der Waals surface area contributed by atoms with Crippen LogP contribution in [0.25, 0.3) is 0 Å². The molecule has 0 radical (unpaired) electrons. The number of nitrogens with zero attached hydrogens (tertiary/aromatic N) is 3. The Kier molecular flexibility index (Phi) is 6.47. The van der Waals surface area contributed by atoms with Crippen molar-refractivity contribution in [1.29, 1.82) is 0 Å². The highest BCUT2D eigenvalue weighted by Crippen LogP contribution is 2.37. The largest absolute Gasteiger partial charge is 0.490 e. The Morgan fingerprint density at radius 3 is 2.81 bits per heavy atom. The van der Waals surface area contributed by atoms with Crippen LogP contribution in [0.4, 0.5) is 5.69 Å². The van der Waals surface area contributed by atoms with E-state index >= 15 is 0 Å². The molecule has 2 N–H and O–H groups in total. The molecule has 0 bridgehead atoms. The average Bonchev–Trinajstić information content (AvgIpc) is 2.46. The Balaban J connectivity index is 3.25. The molecule has 1 aromatic rings. The third-order valence-electron chi connectivity index (χ3n) is 2.33. The number of nitro groups is 1. The van der Waals surface area contributed by atoms with Crippen LogP contribution in [0.1, 0.15) is 12.5 Å². The highest BCUT2D eigenvalue weighted by Gasteiger charge is 2.21. The fourth-order valence-electron chi connectivity index (χ4n) is 1.48. The molecule has 1 rings (SSSR count). The van der Waals surface area contributed by atoms with Gasteiger partial charge in [-0.25, -0.2) is 0 Å². The number of thioether (sulfide) groups is 1. The molecule has 0 fully saturated rings. The number of rotatable bonds is 6. The van der Waals surface area contributed by atoms with Gasteiger partial charge in [-0.1, -0.05) is 11.8 Å². The van der Waals surface area contributed by atoms with Gasteiger partial charge in [-0.3, -0.25) is 10.1 Å². The number of nitro benzene ring substituents is 1. The van der Waals surface area contributed by atoms with Gasteiger partial charge in [-0.05, 0) is 19.2 Å².